The molecule has 1 unspecified atom stereocenters. The van der Waals surface area contributed by atoms with Crippen LogP contribution >= 0.6 is 11.8 Å². The Balaban J connectivity index is 0.00000387. The molecule has 41 heavy (non-hydrogen) atoms. The largest absolute Gasteiger partial charge is 1.00 e. The molecule has 9 nitrogen and oxygen atoms in total. The van der Waals surface area contributed by atoms with E-state index in [4.69, 9.17) is 14.8 Å². The fourth-order valence-corrected chi connectivity index (χ4v) is 5.04. The predicted octanol–water partition coefficient (Wildman–Crippen LogP) is 2.09. The molecule has 1 aliphatic carbocycles. The van der Waals surface area contributed by atoms with E-state index in [0.29, 0.717) is 58.9 Å². The molecule has 2 fully saturated rings. The monoisotopic (exact) mass is 606 g/mol. The minimum Gasteiger partial charge on any atom is -0.494 e. The topological polar surface area (TPSA) is 94.2 Å². The smallest absolute Gasteiger partial charge is 0.494 e. The van der Waals surface area contributed by atoms with Gasteiger partial charge in [0.15, 0.2) is 0 Å². The van der Waals surface area contributed by atoms with Gasteiger partial charge in [0.05, 0.1) is 19.9 Å². The average molecular weight is 607 g/mol. The number of pyridine rings is 2. The number of amides is 1. The minimum atomic E-state index is -2.75. The number of hydrogen-bond acceptors (Lipinski definition) is 8. The van der Waals surface area contributed by atoms with Crippen molar-refractivity contribution in [1.82, 2.24) is 19.9 Å². The van der Waals surface area contributed by atoms with Crippen molar-refractivity contribution in [3.05, 3.63) is 53.0 Å². The molecule has 0 bridgehead atoms. The summed E-state index contributed by atoms with van der Waals surface area (Å²) in [6, 6.07) is 3.12. The summed E-state index contributed by atoms with van der Waals surface area (Å²) in [6.45, 7) is 2.93. The van der Waals surface area contributed by atoms with Crippen molar-refractivity contribution < 1.29 is 74.4 Å². The average Bonchev–Trinajstić information content (AvgIpc) is 3.70. The van der Waals surface area contributed by atoms with Crippen LogP contribution in [0.3, 0.4) is 0 Å². The first-order valence-electron chi connectivity index (χ1n) is 12.9. The van der Waals surface area contributed by atoms with E-state index in [1.807, 2.05) is 14.0 Å². The maximum Gasteiger partial charge on any atom is 1.00 e. The third kappa shape index (κ3) is 8.28. The van der Waals surface area contributed by atoms with Crippen molar-refractivity contribution in [2.45, 2.75) is 38.0 Å². The molecule has 13 heteroatoms. The fraction of sp³-hybridized carbons (Fsp3) is 0.429. The van der Waals surface area contributed by atoms with Crippen LogP contribution in [0.4, 0.5) is 14.5 Å². The molecular formula is C28H29F2KN6O3S. The van der Waals surface area contributed by atoms with Gasteiger partial charge in [-0.05, 0) is 48.3 Å². The Morgan fingerprint density at radius 3 is 2.78 bits per heavy atom. The Kier molecular flexibility index (Phi) is 11.2. The molecular weight excluding hydrogens is 578 g/mol. The second-order valence-electron chi connectivity index (χ2n) is 9.70. The van der Waals surface area contributed by atoms with E-state index in [-0.39, 0.29) is 75.0 Å². The van der Waals surface area contributed by atoms with E-state index in [9.17, 15) is 13.6 Å². The summed E-state index contributed by atoms with van der Waals surface area (Å²) in [6.07, 6.45) is 4.65. The summed E-state index contributed by atoms with van der Waals surface area (Å²) in [7, 11) is 3.31. The number of ether oxygens (including phenoxy) is 2. The molecule has 0 aromatic carbocycles. The second kappa shape index (κ2) is 14.4. The van der Waals surface area contributed by atoms with Crippen LogP contribution in [-0.4, -0.2) is 70.2 Å². The molecule has 5 rings (SSSR count). The van der Waals surface area contributed by atoms with Gasteiger partial charge in [0.2, 0.25) is 0 Å². The number of alkyl halides is 2. The molecule has 1 saturated carbocycles. The zero-order valence-corrected chi connectivity index (χ0v) is 27.4. The number of amidine groups is 1. The number of aromatic nitrogens is 2. The summed E-state index contributed by atoms with van der Waals surface area (Å²) in [5, 5.41) is 11.4. The molecule has 4 heterocycles. The van der Waals surface area contributed by atoms with Gasteiger partial charge in [-0.2, -0.15) is 0 Å². The van der Waals surface area contributed by atoms with Gasteiger partial charge >= 0.3 is 51.4 Å². The Labute approximate surface area is 284 Å². The zero-order valence-electron chi connectivity index (χ0n) is 23.4. The molecule has 0 spiro atoms. The Hall–Kier alpha value is -2.05. The molecule has 3 aliphatic rings. The normalized spacial score (nSPS) is 19.0. The van der Waals surface area contributed by atoms with Gasteiger partial charge in [-0.3, -0.25) is 14.8 Å². The third-order valence-electron chi connectivity index (χ3n) is 6.42. The van der Waals surface area contributed by atoms with E-state index >= 15 is 0 Å². The van der Waals surface area contributed by atoms with Gasteiger partial charge in [0, 0.05) is 49.6 Å². The van der Waals surface area contributed by atoms with Gasteiger partial charge in [0.25, 0.3) is 12.3 Å². The molecule has 210 valence electrons. The van der Waals surface area contributed by atoms with Crippen molar-refractivity contribution in [2.75, 3.05) is 33.9 Å². The number of nitrogens with zero attached hydrogens (tertiary/aromatic N) is 6. The van der Waals surface area contributed by atoms with Gasteiger partial charge in [0.1, 0.15) is 23.4 Å². The number of morpholine rings is 1. The van der Waals surface area contributed by atoms with Crippen LogP contribution in [0.25, 0.3) is 16.4 Å². The van der Waals surface area contributed by atoms with Crippen molar-refractivity contribution in [3.63, 3.8) is 0 Å². The Morgan fingerprint density at radius 2 is 2.07 bits per heavy atom. The third-order valence-corrected chi connectivity index (χ3v) is 7.45. The Morgan fingerprint density at radius 1 is 1.27 bits per heavy atom. The molecule has 2 aliphatic heterocycles. The van der Waals surface area contributed by atoms with Crippen LogP contribution in [0.1, 0.15) is 37.6 Å². The molecule has 0 N–H and O–H groups in total. The SMILES string of the molecule is COc1cnc(C(F)F)cc1-c1cc(CC(C)=CN2CCOCC2=O)ncc1[N-]C1=NN(C)C(C#CC2CC2)S1.[K+]. The van der Waals surface area contributed by atoms with Crippen molar-refractivity contribution in [1.29, 1.82) is 0 Å². The number of carbonyl (C=O) groups excluding carboxylic acids is 1. The van der Waals surface area contributed by atoms with Crippen molar-refractivity contribution >= 4 is 28.5 Å². The number of hydrazone groups is 1. The van der Waals surface area contributed by atoms with E-state index in [1.165, 1.54) is 31.1 Å². The first-order valence-corrected chi connectivity index (χ1v) is 13.8. The molecule has 0 radical (unpaired) electrons. The van der Waals surface area contributed by atoms with Gasteiger partial charge in [-0.25, -0.2) is 8.78 Å². The van der Waals surface area contributed by atoms with Crippen molar-refractivity contribution in [2.24, 2.45) is 11.0 Å². The van der Waals surface area contributed by atoms with Gasteiger partial charge in [-0.15, -0.1) is 0 Å². The van der Waals surface area contributed by atoms with Crippen LogP contribution in [0.2, 0.25) is 0 Å². The number of thioether (sulfide) groups is 1. The minimum absolute atomic E-state index is 0. The predicted molar refractivity (Wildman–Crippen MR) is 149 cm³/mol. The number of allylic oxidation sites excluding steroid dienone is 1. The Bertz CT molecular complexity index is 1410. The first-order chi connectivity index (χ1) is 19.3. The maximum atomic E-state index is 13.6. The van der Waals surface area contributed by atoms with Crippen molar-refractivity contribution in [3.8, 4) is 28.7 Å². The fourth-order valence-electron chi connectivity index (χ4n) is 4.19. The summed E-state index contributed by atoms with van der Waals surface area (Å²) in [5.41, 5.74) is 2.63. The molecule has 1 atom stereocenters. The van der Waals surface area contributed by atoms with Crippen LogP contribution in [0, 0.1) is 17.8 Å². The maximum absolute atomic E-state index is 13.6. The summed E-state index contributed by atoms with van der Waals surface area (Å²) in [4.78, 5) is 22.2. The quantitative estimate of drug-likeness (QED) is 0.352. The first kappa shape index (κ1) is 31.9. The molecule has 2 aromatic rings. The molecule has 1 saturated heterocycles. The number of carbonyl (C=O) groups is 1. The second-order valence-corrected chi connectivity index (χ2v) is 10.7. The number of methoxy groups -OCH3 is 1. The van der Waals surface area contributed by atoms with E-state index in [1.54, 1.807) is 28.4 Å². The van der Waals surface area contributed by atoms with Crippen LogP contribution in [0.5, 0.6) is 5.75 Å². The van der Waals surface area contributed by atoms with Gasteiger partial charge < -0.3 is 29.8 Å². The summed E-state index contributed by atoms with van der Waals surface area (Å²) in [5.74, 6) is 7.22. The number of rotatable bonds is 7. The van der Waals surface area contributed by atoms with Crippen LogP contribution in [0.15, 0.2) is 41.4 Å². The van der Waals surface area contributed by atoms with Gasteiger partial charge in [-0.1, -0.05) is 29.2 Å². The summed E-state index contributed by atoms with van der Waals surface area (Å²) < 4.78 is 37.9. The zero-order chi connectivity index (χ0) is 28.2. The molecule has 1 amide bonds. The van der Waals surface area contributed by atoms with Crippen LogP contribution < -0.4 is 56.1 Å². The summed E-state index contributed by atoms with van der Waals surface area (Å²) >= 11 is 1.43. The van der Waals surface area contributed by atoms with E-state index < -0.39 is 6.43 Å². The standard InChI is InChI=1S/C28H29F2N6O3S.K/c1-17(15-36-8-9-39-16-25(36)37)10-19-11-20(21-12-22(27(29)30)32-14-24(21)38-3)23(13-31-19)33-28-34-35(2)26(40-28)7-6-18-4-5-18;/h11-15,18,26-27H,4-5,8-10,16H2,1-3H3;/q-1;+1. The number of hydrogen-bond donors (Lipinski definition) is 0. The van der Waals surface area contributed by atoms with E-state index in [0.717, 1.165) is 18.4 Å². The molecule has 2 aromatic heterocycles. The van der Waals surface area contributed by atoms with Crippen LogP contribution in [-0.2, 0) is 16.0 Å². The number of halogens is 2. The van der Waals surface area contributed by atoms with E-state index in [2.05, 4.69) is 26.9 Å².